The summed E-state index contributed by atoms with van der Waals surface area (Å²) >= 11 is 0. The van der Waals surface area contributed by atoms with Crippen LogP contribution in [0.4, 0.5) is 17.5 Å². The maximum atomic E-state index is 4.81. The Bertz CT molecular complexity index is 1000. The Morgan fingerprint density at radius 1 is 1.22 bits per heavy atom. The highest BCUT2D eigenvalue weighted by Gasteiger charge is 2.25. The van der Waals surface area contributed by atoms with E-state index in [1.165, 1.54) is 0 Å². The zero-order chi connectivity index (χ0) is 18.6. The Morgan fingerprint density at radius 2 is 2.07 bits per heavy atom. The van der Waals surface area contributed by atoms with Gasteiger partial charge < -0.3 is 10.2 Å². The molecule has 0 radical (unpaired) electrons. The second-order valence-corrected chi connectivity index (χ2v) is 6.37. The van der Waals surface area contributed by atoms with Crippen molar-refractivity contribution in [3.63, 3.8) is 0 Å². The van der Waals surface area contributed by atoms with Gasteiger partial charge in [0.15, 0.2) is 5.65 Å². The van der Waals surface area contributed by atoms with Gasteiger partial charge >= 0.3 is 0 Å². The number of benzene rings is 1. The molecule has 27 heavy (non-hydrogen) atoms. The quantitative estimate of drug-likeness (QED) is 0.621. The molecule has 0 bridgehead atoms. The van der Waals surface area contributed by atoms with Crippen molar-refractivity contribution in [3.8, 4) is 0 Å². The standard InChI is InChI=1S/C21H22N6/c1-3-8-15(4-2)11-13-22-21-23-19-18-17(25-26-19)12-14-27(20(18)24-21)16-9-6-5-7-10-16/h3-10H,1-2,11-14H2,(H2,22,23,24,25,26)/b15-8+. The topological polar surface area (TPSA) is 69.7 Å². The molecule has 2 aromatic heterocycles. The zero-order valence-electron chi connectivity index (χ0n) is 15.2. The number of aromatic nitrogens is 4. The van der Waals surface area contributed by atoms with Gasteiger partial charge in [-0.05, 0) is 24.1 Å². The Labute approximate surface area is 158 Å². The van der Waals surface area contributed by atoms with Crippen LogP contribution in [-0.2, 0) is 6.42 Å². The molecule has 0 saturated carbocycles. The third-order valence-electron chi connectivity index (χ3n) is 4.67. The maximum Gasteiger partial charge on any atom is 0.226 e. The van der Waals surface area contributed by atoms with Crippen LogP contribution in [-0.4, -0.2) is 33.3 Å². The summed E-state index contributed by atoms with van der Waals surface area (Å²) in [6.45, 7) is 9.12. The van der Waals surface area contributed by atoms with Gasteiger partial charge in [-0.1, -0.05) is 49.6 Å². The van der Waals surface area contributed by atoms with Gasteiger partial charge in [-0.25, -0.2) is 0 Å². The van der Waals surface area contributed by atoms with Crippen LogP contribution in [0.15, 0.2) is 67.3 Å². The molecule has 0 spiro atoms. The first-order valence-corrected chi connectivity index (χ1v) is 9.05. The van der Waals surface area contributed by atoms with Crippen molar-refractivity contribution in [3.05, 3.63) is 73.0 Å². The van der Waals surface area contributed by atoms with Gasteiger partial charge in [0, 0.05) is 25.2 Å². The third kappa shape index (κ3) is 3.33. The molecule has 1 aromatic carbocycles. The fourth-order valence-electron chi connectivity index (χ4n) is 3.33. The molecule has 0 amide bonds. The van der Waals surface area contributed by atoms with Gasteiger partial charge in [0.1, 0.15) is 5.82 Å². The number of anilines is 3. The number of rotatable bonds is 7. The monoisotopic (exact) mass is 358 g/mol. The van der Waals surface area contributed by atoms with Crippen LogP contribution < -0.4 is 10.2 Å². The van der Waals surface area contributed by atoms with Crippen LogP contribution in [0.5, 0.6) is 0 Å². The molecule has 6 heteroatoms. The lowest BCUT2D eigenvalue weighted by Crippen LogP contribution is -2.25. The highest BCUT2D eigenvalue weighted by Crippen LogP contribution is 2.35. The van der Waals surface area contributed by atoms with Gasteiger partial charge in [-0.15, -0.1) is 0 Å². The van der Waals surface area contributed by atoms with Gasteiger partial charge in [-0.3, -0.25) is 5.10 Å². The van der Waals surface area contributed by atoms with Gasteiger partial charge in [0.05, 0.1) is 11.1 Å². The molecule has 0 unspecified atom stereocenters. The molecule has 1 aliphatic heterocycles. The number of nitrogens with zero attached hydrogens (tertiary/aromatic N) is 4. The number of H-pyrrole nitrogens is 1. The van der Waals surface area contributed by atoms with Crippen molar-refractivity contribution in [2.45, 2.75) is 12.8 Å². The molecule has 2 N–H and O–H groups in total. The first kappa shape index (κ1) is 17.0. The van der Waals surface area contributed by atoms with E-state index in [2.05, 4.69) is 50.7 Å². The van der Waals surface area contributed by atoms with Gasteiger partial charge in [-0.2, -0.15) is 15.1 Å². The van der Waals surface area contributed by atoms with Crippen LogP contribution in [0, 0.1) is 0 Å². The van der Waals surface area contributed by atoms with E-state index >= 15 is 0 Å². The average Bonchev–Trinajstić information content (AvgIpc) is 3.12. The predicted octanol–water partition coefficient (Wildman–Crippen LogP) is 4.15. The number of aromatic amines is 1. The molecule has 0 atom stereocenters. The van der Waals surface area contributed by atoms with Gasteiger partial charge in [0.2, 0.25) is 5.95 Å². The minimum absolute atomic E-state index is 0.584. The van der Waals surface area contributed by atoms with Crippen molar-refractivity contribution in [2.24, 2.45) is 0 Å². The van der Waals surface area contributed by atoms with E-state index < -0.39 is 0 Å². The summed E-state index contributed by atoms with van der Waals surface area (Å²) < 4.78 is 0. The lowest BCUT2D eigenvalue weighted by atomic mass is 10.1. The van der Waals surface area contributed by atoms with Crippen molar-refractivity contribution < 1.29 is 0 Å². The molecule has 3 aromatic rings. The minimum Gasteiger partial charge on any atom is -0.354 e. The van der Waals surface area contributed by atoms with E-state index in [0.29, 0.717) is 18.1 Å². The van der Waals surface area contributed by atoms with Crippen molar-refractivity contribution in [1.29, 1.82) is 0 Å². The summed E-state index contributed by atoms with van der Waals surface area (Å²) in [7, 11) is 0. The smallest absolute Gasteiger partial charge is 0.226 e. The van der Waals surface area contributed by atoms with Crippen molar-refractivity contribution >= 4 is 28.5 Å². The maximum absolute atomic E-state index is 4.81. The second-order valence-electron chi connectivity index (χ2n) is 6.37. The highest BCUT2D eigenvalue weighted by molar-refractivity contribution is 5.94. The average molecular weight is 358 g/mol. The van der Waals surface area contributed by atoms with E-state index in [0.717, 1.165) is 47.5 Å². The van der Waals surface area contributed by atoms with Crippen LogP contribution in [0.3, 0.4) is 0 Å². The van der Waals surface area contributed by atoms with Crippen LogP contribution in [0.1, 0.15) is 12.1 Å². The van der Waals surface area contributed by atoms with E-state index in [9.17, 15) is 0 Å². The number of para-hydroxylation sites is 1. The molecular formula is C21H22N6. The number of hydrogen-bond donors (Lipinski definition) is 2. The lowest BCUT2D eigenvalue weighted by molar-refractivity contribution is 0.850. The van der Waals surface area contributed by atoms with Gasteiger partial charge in [0.25, 0.3) is 0 Å². The Morgan fingerprint density at radius 3 is 2.85 bits per heavy atom. The summed E-state index contributed by atoms with van der Waals surface area (Å²) in [5, 5.41) is 11.8. The largest absolute Gasteiger partial charge is 0.354 e. The summed E-state index contributed by atoms with van der Waals surface area (Å²) in [4.78, 5) is 11.6. The lowest BCUT2D eigenvalue weighted by Gasteiger charge is -2.28. The summed E-state index contributed by atoms with van der Waals surface area (Å²) in [5.41, 5.74) is 4.04. The fourth-order valence-corrected chi connectivity index (χ4v) is 3.33. The summed E-state index contributed by atoms with van der Waals surface area (Å²) in [5.74, 6) is 1.48. The van der Waals surface area contributed by atoms with Crippen molar-refractivity contribution in [1.82, 2.24) is 20.2 Å². The third-order valence-corrected chi connectivity index (χ3v) is 4.67. The molecule has 136 valence electrons. The molecular weight excluding hydrogens is 336 g/mol. The first-order valence-electron chi connectivity index (χ1n) is 9.05. The number of nitrogens with one attached hydrogen (secondary N) is 2. The zero-order valence-corrected chi connectivity index (χ0v) is 15.2. The SMILES string of the molecule is C=C/C=C(\C=C)CCNc1nc2c3c([nH]nc3n1)CCN2c1ccccc1. The van der Waals surface area contributed by atoms with Crippen molar-refractivity contribution in [2.75, 3.05) is 23.3 Å². The van der Waals surface area contributed by atoms with E-state index in [-0.39, 0.29) is 0 Å². The fraction of sp³-hybridized carbons (Fsp3) is 0.190. The minimum atomic E-state index is 0.584. The van der Waals surface area contributed by atoms with E-state index in [4.69, 9.17) is 4.98 Å². The number of hydrogen-bond acceptors (Lipinski definition) is 5. The molecule has 4 rings (SSSR count). The molecule has 0 saturated heterocycles. The first-order chi connectivity index (χ1) is 13.3. The van der Waals surface area contributed by atoms with E-state index in [1.54, 1.807) is 6.08 Å². The molecule has 6 nitrogen and oxygen atoms in total. The Hall–Kier alpha value is -3.41. The van der Waals surface area contributed by atoms with Crippen LogP contribution in [0.2, 0.25) is 0 Å². The normalized spacial score (nSPS) is 13.6. The molecule has 0 aliphatic carbocycles. The predicted molar refractivity (Wildman–Crippen MR) is 110 cm³/mol. The molecule has 3 heterocycles. The number of allylic oxidation sites excluding steroid dienone is 3. The van der Waals surface area contributed by atoms with E-state index in [1.807, 2.05) is 30.4 Å². The summed E-state index contributed by atoms with van der Waals surface area (Å²) in [6.07, 6.45) is 7.28. The highest BCUT2D eigenvalue weighted by atomic mass is 15.3. The summed E-state index contributed by atoms with van der Waals surface area (Å²) in [6, 6.07) is 10.3. The van der Waals surface area contributed by atoms with Crippen LogP contribution >= 0.6 is 0 Å². The second kappa shape index (κ2) is 7.45. The van der Waals surface area contributed by atoms with Crippen LogP contribution in [0.25, 0.3) is 11.0 Å². The Kier molecular flexibility index (Phi) is 4.70. The molecule has 1 aliphatic rings. The Balaban J connectivity index is 1.64. The molecule has 0 fully saturated rings.